The topological polar surface area (TPSA) is 44.8 Å². The lowest BCUT2D eigenvalue weighted by Crippen LogP contribution is -2.51. The van der Waals surface area contributed by atoms with Gasteiger partial charge in [-0.25, -0.2) is 4.79 Å². The zero-order valence-electron chi connectivity index (χ0n) is 30.0. The zero-order chi connectivity index (χ0) is 33.1. The van der Waals surface area contributed by atoms with Gasteiger partial charge in [0.2, 0.25) is 0 Å². The van der Waals surface area contributed by atoms with Crippen LogP contribution in [0.2, 0.25) is 36.3 Å². The molecule has 0 amide bonds. The monoisotopic (exact) mass is 682 g/mol. The van der Waals surface area contributed by atoms with Crippen LogP contribution in [-0.4, -0.2) is 47.3 Å². The Morgan fingerprint density at radius 1 is 1.09 bits per heavy atom. The van der Waals surface area contributed by atoms with Gasteiger partial charge >= 0.3 is 5.97 Å². The molecule has 5 atom stereocenters. The molecule has 3 rings (SSSR count). The molecule has 0 saturated heterocycles. The van der Waals surface area contributed by atoms with E-state index in [1.54, 1.807) is 11.3 Å². The van der Waals surface area contributed by atoms with Crippen LogP contribution in [0.15, 0.2) is 24.3 Å². The molecule has 4 nitrogen and oxygen atoms in total. The second kappa shape index (κ2) is 14.8. The van der Waals surface area contributed by atoms with Crippen LogP contribution < -0.4 is 0 Å². The minimum absolute atomic E-state index is 0.0984. The lowest BCUT2D eigenvalue weighted by atomic mass is 9.63. The van der Waals surface area contributed by atoms with E-state index in [0.717, 1.165) is 32.1 Å². The third-order valence-corrected chi connectivity index (χ3v) is 22.4. The molecule has 0 bridgehead atoms. The molecule has 8 heteroatoms. The first kappa shape index (κ1) is 38.0. The third-order valence-electron chi connectivity index (χ3n) is 11.8. The highest BCUT2D eigenvalue weighted by Crippen LogP contribution is 2.52. The Kier molecular flexibility index (Phi) is 12.8. The summed E-state index contributed by atoms with van der Waals surface area (Å²) in [5, 5.41) is 0.441. The number of hydrogen-bond donors (Lipinski definition) is 0. The van der Waals surface area contributed by atoms with Gasteiger partial charge in [-0.05, 0) is 111 Å². The minimum Gasteiger partial charge on any atom is -0.465 e. The first-order valence-corrected chi connectivity index (χ1v) is 24.2. The van der Waals surface area contributed by atoms with Crippen molar-refractivity contribution in [3.05, 3.63) is 34.0 Å². The molecule has 1 heterocycles. The van der Waals surface area contributed by atoms with Crippen LogP contribution in [-0.2, 0) is 20.0 Å². The van der Waals surface area contributed by atoms with Crippen molar-refractivity contribution in [2.45, 2.75) is 160 Å². The molecule has 2 saturated carbocycles. The van der Waals surface area contributed by atoms with Crippen molar-refractivity contribution in [3.63, 3.8) is 0 Å². The summed E-state index contributed by atoms with van der Waals surface area (Å²) in [4.78, 5) is 13.8. The van der Waals surface area contributed by atoms with Gasteiger partial charge in [0, 0.05) is 16.2 Å². The molecule has 2 aliphatic rings. The van der Waals surface area contributed by atoms with Crippen molar-refractivity contribution in [2.24, 2.45) is 17.3 Å². The van der Waals surface area contributed by atoms with Crippen LogP contribution in [0.5, 0.6) is 0 Å². The van der Waals surface area contributed by atoms with Gasteiger partial charge in [0.1, 0.15) is 4.88 Å². The Balaban J connectivity index is 1.81. The SMILES string of the molecule is CCC1(C(C/C=C/[C@@H]2[C@@H](CCCc3ccc(C(=O)OC)s3)[C@H](Cl)C[C@H]2O[Si](C)(C)C(C)(C)C)O[Si](C)(C)C(C)(C)C)CCC1. The number of rotatable bonds is 14. The summed E-state index contributed by atoms with van der Waals surface area (Å²) in [5.74, 6) is 0.413. The molecular formula is C36H63ClO4SSi2. The van der Waals surface area contributed by atoms with Gasteiger partial charge in [-0.15, -0.1) is 22.9 Å². The molecule has 1 aromatic heterocycles. The van der Waals surface area contributed by atoms with Crippen molar-refractivity contribution >= 4 is 45.5 Å². The van der Waals surface area contributed by atoms with Gasteiger partial charge in [-0.3, -0.25) is 0 Å². The van der Waals surface area contributed by atoms with E-state index in [9.17, 15) is 4.79 Å². The van der Waals surface area contributed by atoms with E-state index in [4.69, 9.17) is 25.2 Å². The van der Waals surface area contributed by atoms with Crippen LogP contribution in [0, 0.1) is 17.3 Å². The number of aryl methyl sites for hydroxylation is 1. The van der Waals surface area contributed by atoms with E-state index < -0.39 is 16.6 Å². The Hall–Kier alpha value is -0.446. The predicted octanol–water partition coefficient (Wildman–Crippen LogP) is 11.4. The third kappa shape index (κ3) is 8.92. The van der Waals surface area contributed by atoms with Crippen LogP contribution >= 0.6 is 22.9 Å². The highest BCUT2D eigenvalue weighted by molar-refractivity contribution is 7.13. The number of thiophene rings is 1. The molecule has 1 aromatic rings. The summed E-state index contributed by atoms with van der Waals surface area (Å²) in [7, 11) is -2.44. The number of halogens is 1. The average molecular weight is 684 g/mol. The van der Waals surface area contributed by atoms with E-state index in [-0.39, 0.29) is 33.6 Å². The van der Waals surface area contributed by atoms with Crippen LogP contribution in [0.3, 0.4) is 0 Å². The second-order valence-corrected chi connectivity index (χ2v) is 27.9. The van der Waals surface area contributed by atoms with Crippen LogP contribution in [0.1, 0.15) is 114 Å². The van der Waals surface area contributed by atoms with Gasteiger partial charge in [0.15, 0.2) is 16.6 Å². The molecular weight excluding hydrogens is 620 g/mol. The molecule has 2 aliphatic carbocycles. The number of carbonyl (C=O) groups is 1. The van der Waals surface area contributed by atoms with Crippen molar-refractivity contribution in [1.82, 2.24) is 0 Å². The standard InChI is InChI=1S/C36H63ClO4SSi2/c1-13-36(23-16-24-36)32(41-44(11,12)35(5,6)7)20-15-19-28-27(18-14-17-26-21-22-31(42-26)33(38)39-8)29(37)25-30(28)40-43(9,10)34(2,3)4/h15,19,21-22,27-30,32H,13-14,16-18,20,23-25H2,1-12H3/b19-15+/t27-,28-,29-,30-,32?/m1/s1. The summed E-state index contributed by atoms with van der Waals surface area (Å²) >= 11 is 8.73. The van der Waals surface area contributed by atoms with Crippen molar-refractivity contribution in [1.29, 1.82) is 0 Å². The normalized spacial score (nSPS) is 25.3. The molecule has 1 unspecified atom stereocenters. The minimum atomic E-state index is -1.97. The van der Waals surface area contributed by atoms with Crippen molar-refractivity contribution in [2.75, 3.05) is 7.11 Å². The smallest absolute Gasteiger partial charge is 0.348 e. The van der Waals surface area contributed by atoms with Gasteiger partial charge in [-0.1, -0.05) is 67.0 Å². The van der Waals surface area contributed by atoms with Crippen LogP contribution in [0.25, 0.3) is 0 Å². The maximum absolute atomic E-state index is 11.9. The maximum Gasteiger partial charge on any atom is 0.348 e. The number of carbonyl (C=O) groups excluding carboxylic acids is 1. The first-order chi connectivity index (χ1) is 20.3. The average Bonchev–Trinajstić information content (AvgIpc) is 3.46. The van der Waals surface area contributed by atoms with Crippen molar-refractivity contribution in [3.8, 4) is 0 Å². The Morgan fingerprint density at radius 3 is 2.25 bits per heavy atom. The van der Waals surface area contributed by atoms with Gasteiger partial charge < -0.3 is 13.6 Å². The fraction of sp³-hybridized carbons (Fsp3) is 0.806. The van der Waals surface area contributed by atoms with E-state index in [1.165, 1.54) is 37.7 Å². The number of ether oxygens (including phenoxy) is 1. The summed E-state index contributed by atoms with van der Waals surface area (Å²) < 4.78 is 19.2. The lowest BCUT2D eigenvalue weighted by Gasteiger charge is -2.51. The molecule has 44 heavy (non-hydrogen) atoms. The molecule has 0 N–H and O–H groups in total. The Labute approximate surface area is 281 Å². The quantitative estimate of drug-likeness (QED) is 0.0847. The number of hydrogen-bond acceptors (Lipinski definition) is 5. The second-order valence-electron chi connectivity index (χ2n) is 16.7. The van der Waals surface area contributed by atoms with Gasteiger partial charge in [-0.2, -0.15) is 0 Å². The summed E-state index contributed by atoms with van der Waals surface area (Å²) in [6.07, 6.45) is 15.3. The van der Waals surface area contributed by atoms with E-state index in [0.29, 0.717) is 22.1 Å². The number of methoxy groups -OCH3 is 1. The summed E-state index contributed by atoms with van der Waals surface area (Å²) in [5.41, 5.74) is 0.310. The molecule has 0 aromatic carbocycles. The fourth-order valence-corrected chi connectivity index (χ4v) is 10.7. The first-order valence-electron chi connectivity index (χ1n) is 17.1. The number of esters is 1. The highest BCUT2D eigenvalue weighted by atomic mass is 35.5. The largest absolute Gasteiger partial charge is 0.465 e. The molecule has 2 fully saturated rings. The fourth-order valence-electron chi connectivity index (χ4n) is 6.48. The summed E-state index contributed by atoms with van der Waals surface area (Å²) in [6, 6.07) is 3.95. The van der Waals surface area contributed by atoms with E-state index in [2.05, 4.69) is 92.9 Å². The Bertz CT molecular complexity index is 1110. The number of alkyl halides is 1. The van der Waals surface area contributed by atoms with E-state index in [1.807, 2.05) is 6.07 Å². The van der Waals surface area contributed by atoms with Gasteiger partial charge in [0.05, 0.1) is 19.3 Å². The zero-order valence-corrected chi connectivity index (χ0v) is 33.6. The maximum atomic E-state index is 11.9. The molecule has 0 aliphatic heterocycles. The molecule has 0 radical (unpaired) electrons. The molecule has 0 spiro atoms. The van der Waals surface area contributed by atoms with Gasteiger partial charge in [0.25, 0.3) is 0 Å². The predicted molar refractivity (Wildman–Crippen MR) is 194 cm³/mol. The van der Waals surface area contributed by atoms with E-state index >= 15 is 0 Å². The van der Waals surface area contributed by atoms with Crippen LogP contribution in [0.4, 0.5) is 0 Å². The van der Waals surface area contributed by atoms with Crippen molar-refractivity contribution < 1.29 is 18.4 Å². The summed E-state index contributed by atoms with van der Waals surface area (Å²) in [6.45, 7) is 25.9. The Morgan fingerprint density at radius 2 is 1.73 bits per heavy atom. The lowest BCUT2D eigenvalue weighted by molar-refractivity contribution is -0.0273. The molecule has 252 valence electrons. The highest BCUT2D eigenvalue weighted by Gasteiger charge is 2.49.